The van der Waals surface area contributed by atoms with E-state index in [1.54, 1.807) is 22.4 Å². The van der Waals surface area contributed by atoms with Crippen LogP contribution in [0.1, 0.15) is 33.6 Å². The Balaban J connectivity index is 2.24. The zero-order valence-electron chi connectivity index (χ0n) is 11.4. The van der Waals surface area contributed by atoms with E-state index in [0.717, 1.165) is 19.0 Å². The van der Waals surface area contributed by atoms with Crippen LogP contribution < -0.4 is 11.0 Å². The summed E-state index contributed by atoms with van der Waals surface area (Å²) >= 11 is 0. The van der Waals surface area contributed by atoms with Gasteiger partial charge in [0, 0.05) is 38.6 Å². The first-order chi connectivity index (χ1) is 8.00. The van der Waals surface area contributed by atoms with Crippen LogP contribution in [0.5, 0.6) is 0 Å². The molecule has 1 aromatic rings. The molecule has 0 spiro atoms. The van der Waals surface area contributed by atoms with E-state index in [-0.39, 0.29) is 5.69 Å². The first-order valence-electron chi connectivity index (χ1n) is 6.46. The standard InChI is InChI=1S/C13H25N3O/c1-11(2)5-6-12(3)14-7-8-16-10-9-15(4)13(16)17/h9-12,14H,5-8H2,1-4H3. The van der Waals surface area contributed by atoms with Crippen LogP contribution in [-0.4, -0.2) is 21.7 Å². The molecule has 1 N–H and O–H groups in total. The van der Waals surface area contributed by atoms with Gasteiger partial charge in [0.1, 0.15) is 0 Å². The van der Waals surface area contributed by atoms with Crippen LogP contribution >= 0.6 is 0 Å². The van der Waals surface area contributed by atoms with Gasteiger partial charge in [-0.1, -0.05) is 13.8 Å². The summed E-state index contributed by atoms with van der Waals surface area (Å²) in [6.07, 6.45) is 6.08. The summed E-state index contributed by atoms with van der Waals surface area (Å²) in [5.41, 5.74) is 0.0571. The van der Waals surface area contributed by atoms with Crippen molar-refractivity contribution in [2.75, 3.05) is 6.54 Å². The van der Waals surface area contributed by atoms with Crippen molar-refractivity contribution in [2.45, 2.75) is 46.2 Å². The van der Waals surface area contributed by atoms with E-state index in [2.05, 4.69) is 26.1 Å². The maximum Gasteiger partial charge on any atom is 0.327 e. The zero-order chi connectivity index (χ0) is 12.8. The third-order valence-electron chi connectivity index (χ3n) is 3.04. The molecule has 0 amide bonds. The van der Waals surface area contributed by atoms with Gasteiger partial charge in [0.25, 0.3) is 0 Å². The van der Waals surface area contributed by atoms with Crippen LogP contribution in [0.3, 0.4) is 0 Å². The summed E-state index contributed by atoms with van der Waals surface area (Å²) in [5.74, 6) is 0.760. The van der Waals surface area contributed by atoms with Crippen LogP contribution in [0.2, 0.25) is 0 Å². The second-order valence-corrected chi connectivity index (χ2v) is 5.21. The average Bonchev–Trinajstić information content (AvgIpc) is 2.58. The molecule has 1 heterocycles. The monoisotopic (exact) mass is 239 g/mol. The Morgan fingerprint density at radius 3 is 2.47 bits per heavy atom. The number of nitrogens with one attached hydrogen (secondary N) is 1. The maximum atomic E-state index is 11.6. The highest BCUT2D eigenvalue weighted by molar-refractivity contribution is 4.80. The van der Waals surface area contributed by atoms with Crippen molar-refractivity contribution >= 4 is 0 Å². The van der Waals surface area contributed by atoms with Crippen molar-refractivity contribution in [1.29, 1.82) is 0 Å². The van der Waals surface area contributed by atoms with Crippen molar-refractivity contribution in [3.63, 3.8) is 0 Å². The fraction of sp³-hybridized carbons (Fsp3) is 0.769. The summed E-state index contributed by atoms with van der Waals surface area (Å²) in [4.78, 5) is 11.6. The molecule has 0 saturated carbocycles. The number of rotatable bonds is 7. The quantitative estimate of drug-likeness (QED) is 0.785. The molecular formula is C13H25N3O. The van der Waals surface area contributed by atoms with Crippen LogP contribution in [0.25, 0.3) is 0 Å². The Morgan fingerprint density at radius 2 is 1.94 bits per heavy atom. The highest BCUT2D eigenvalue weighted by Crippen LogP contribution is 2.05. The Labute approximate surface area is 104 Å². The molecule has 1 unspecified atom stereocenters. The SMILES string of the molecule is CC(C)CCC(C)NCCn1ccn(C)c1=O. The van der Waals surface area contributed by atoms with E-state index >= 15 is 0 Å². The molecule has 0 aliphatic heterocycles. The molecule has 4 heteroatoms. The molecule has 0 aliphatic carbocycles. The van der Waals surface area contributed by atoms with Gasteiger partial charge in [-0.15, -0.1) is 0 Å². The van der Waals surface area contributed by atoms with Crippen molar-refractivity contribution in [3.05, 3.63) is 22.9 Å². The number of aromatic nitrogens is 2. The lowest BCUT2D eigenvalue weighted by Crippen LogP contribution is -2.32. The third kappa shape index (κ3) is 4.77. The molecule has 17 heavy (non-hydrogen) atoms. The molecule has 0 bridgehead atoms. The van der Waals surface area contributed by atoms with Gasteiger partial charge >= 0.3 is 5.69 Å². The minimum absolute atomic E-state index is 0.0571. The van der Waals surface area contributed by atoms with Crippen LogP contribution in [0.15, 0.2) is 17.2 Å². The summed E-state index contributed by atoms with van der Waals surface area (Å²) in [5, 5.41) is 3.45. The highest BCUT2D eigenvalue weighted by Gasteiger charge is 2.04. The van der Waals surface area contributed by atoms with Crippen LogP contribution in [-0.2, 0) is 13.6 Å². The normalized spacial score (nSPS) is 13.2. The first kappa shape index (κ1) is 14.0. The Morgan fingerprint density at radius 1 is 1.24 bits per heavy atom. The van der Waals surface area contributed by atoms with E-state index in [9.17, 15) is 4.79 Å². The predicted octanol–water partition coefficient (Wildman–Crippen LogP) is 1.60. The molecule has 0 aliphatic rings. The molecule has 1 atom stereocenters. The number of hydrogen-bond acceptors (Lipinski definition) is 2. The van der Waals surface area contributed by atoms with Crippen molar-refractivity contribution in [2.24, 2.45) is 13.0 Å². The van der Waals surface area contributed by atoms with Crippen molar-refractivity contribution in [3.8, 4) is 0 Å². The van der Waals surface area contributed by atoms with E-state index in [1.807, 2.05) is 6.20 Å². The van der Waals surface area contributed by atoms with E-state index < -0.39 is 0 Å². The van der Waals surface area contributed by atoms with E-state index in [1.165, 1.54) is 12.8 Å². The molecule has 1 rings (SSSR count). The minimum Gasteiger partial charge on any atom is -0.312 e. The Bertz CT molecular complexity index is 378. The highest BCUT2D eigenvalue weighted by atomic mass is 16.1. The van der Waals surface area contributed by atoms with Crippen molar-refractivity contribution < 1.29 is 0 Å². The van der Waals surface area contributed by atoms with Gasteiger partial charge in [0.05, 0.1) is 0 Å². The van der Waals surface area contributed by atoms with Crippen LogP contribution in [0, 0.1) is 5.92 Å². The zero-order valence-corrected chi connectivity index (χ0v) is 11.4. The summed E-state index contributed by atoms with van der Waals surface area (Å²) < 4.78 is 3.34. The molecule has 1 aromatic heterocycles. The van der Waals surface area contributed by atoms with Crippen molar-refractivity contribution in [1.82, 2.24) is 14.5 Å². The van der Waals surface area contributed by atoms with Gasteiger partial charge in [-0.3, -0.25) is 4.57 Å². The molecule has 0 radical (unpaired) electrons. The predicted molar refractivity (Wildman–Crippen MR) is 71.2 cm³/mol. The lowest BCUT2D eigenvalue weighted by atomic mass is 10.0. The summed E-state index contributed by atoms with van der Waals surface area (Å²) in [6, 6.07) is 0.525. The molecule has 0 saturated heterocycles. The molecular weight excluding hydrogens is 214 g/mol. The second kappa shape index (κ2) is 6.64. The summed E-state index contributed by atoms with van der Waals surface area (Å²) in [6.45, 7) is 8.29. The Kier molecular flexibility index (Phi) is 5.48. The number of aryl methyl sites for hydroxylation is 1. The van der Waals surface area contributed by atoms with Crippen LogP contribution in [0.4, 0.5) is 0 Å². The van der Waals surface area contributed by atoms with E-state index in [0.29, 0.717) is 6.04 Å². The van der Waals surface area contributed by atoms with Gasteiger partial charge in [-0.05, 0) is 25.7 Å². The van der Waals surface area contributed by atoms with E-state index in [4.69, 9.17) is 0 Å². The third-order valence-corrected chi connectivity index (χ3v) is 3.04. The molecule has 4 nitrogen and oxygen atoms in total. The number of imidazole rings is 1. The molecule has 0 aromatic carbocycles. The number of hydrogen-bond donors (Lipinski definition) is 1. The van der Waals surface area contributed by atoms with Gasteiger partial charge in [-0.2, -0.15) is 0 Å². The molecule has 98 valence electrons. The lowest BCUT2D eigenvalue weighted by Gasteiger charge is -2.14. The fourth-order valence-electron chi connectivity index (χ4n) is 1.80. The second-order valence-electron chi connectivity index (χ2n) is 5.21. The largest absolute Gasteiger partial charge is 0.327 e. The minimum atomic E-state index is 0.0571. The summed E-state index contributed by atoms with van der Waals surface area (Å²) in [7, 11) is 1.78. The van der Waals surface area contributed by atoms with Gasteiger partial charge < -0.3 is 9.88 Å². The number of nitrogens with zero attached hydrogens (tertiary/aromatic N) is 2. The van der Waals surface area contributed by atoms with Gasteiger partial charge in [0.2, 0.25) is 0 Å². The molecule has 0 fully saturated rings. The van der Waals surface area contributed by atoms with Gasteiger partial charge in [-0.25, -0.2) is 4.79 Å². The maximum absolute atomic E-state index is 11.6. The van der Waals surface area contributed by atoms with Gasteiger partial charge in [0.15, 0.2) is 0 Å². The lowest BCUT2D eigenvalue weighted by molar-refractivity contribution is 0.439. The fourth-order valence-corrected chi connectivity index (χ4v) is 1.80. The smallest absolute Gasteiger partial charge is 0.312 e. The Hall–Kier alpha value is -1.03. The first-order valence-corrected chi connectivity index (χ1v) is 6.46. The topological polar surface area (TPSA) is 39.0 Å². The average molecular weight is 239 g/mol.